The van der Waals surface area contributed by atoms with E-state index in [0.29, 0.717) is 32.3 Å². The molecule has 0 radical (unpaired) electrons. The van der Waals surface area contributed by atoms with Crippen LogP contribution in [0.15, 0.2) is 28.9 Å². The molecule has 0 amide bonds. The van der Waals surface area contributed by atoms with E-state index >= 15 is 0 Å². The number of benzene rings is 1. The van der Waals surface area contributed by atoms with Crippen molar-refractivity contribution >= 4 is 45.2 Å². The minimum Gasteiger partial charge on any atom is -0.493 e. The third-order valence-corrected chi connectivity index (χ3v) is 5.06. The molecule has 0 spiro atoms. The van der Waals surface area contributed by atoms with Crippen molar-refractivity contribution in [1.29, 1.82) is 0 Å². The van der Waals surface area contributed by atoms with Crippen molar-refractivity contribution in [2.24, 2.45) is 5.92 Å². The van der Waals surface area contributed by atoms with Crippen LogP contribution in [0.25, 0.3) is 0 Å². The van der Waals surface area contributed by atoms with Gasteiger partial charge in [-0.3, -0.25) is 4.79 Å². The molecule has 0 unspecified atom stereocenters. The second-order valence-electron chi connectivity index (χ2n) is 6.15. The lowest BCUT2D eigenvalue weighted by atomic mass is 9.89. The average Bonchev–Trinajstić information content (AvgIpc) is 2.68. The molecule has 1 fully saturated rings. The number of esters is 2. The Labute approximate surface area is 183 Å². The van der Waals surface area contributed by atoms with Gasteiger partial charge in [-0.25, -0.2) is 4.79 Å². The van der Waals surface area contributed by atoms with Gasteiger partial charge >= 0.3 is 11.9 Å². The lowest BCUT2D eigenvalue weighted by Crippen LogP contribution is -2.50. The highest BCUT2D eigenvalue weighted by Gasteiger charge is 2.38. The minimum absolute atomic E-state index is 0.254. The SMILES string of the molecule is C=C1NC(=S)N[C@H](c2cc(Br)c(O[C@H](C)C(=O)OCC)c(OC)c2)[C@H]1C(=O)OC. The Kier molecular flexibility index (Phi) is 7.86. The highest BCUT2D eigenvalue weighted by atomic mass is 79.9. The molecule has 8 nitrogen and oxygen atoms in total. The van der Waals surface area contributed by atoms with Crippen LogP contribution in [-0.2, 0) is 19.1 Å². The van der Waals surface area contributed by atoms with Gasteiger partial charge in [-0.2, -0.15) is 0 Å². The van der Waals surface area contributed by atoms with E-state index in [4.69, 9.17) is 31.2 Å². The van der Waals surface area contributed by atoms with Crippen molar-refractivity contribution in [3.8, 4) is 11.5 Å². The Balaban J connectivity index is 2.42. The first-order valence-electron chi connectivity index (χ1n) is 8.78. The molecule has 0 aromatic heterocycles. The molecule has 10 heteroatoms. The molecule has 0 bridgehead atoms. The van der Waals surface area contributed by atoms with Gasteiger partial charge in [-0.05, 0) is 59.7 Å². The van der Waals surface area contributed by atoms with Crippen molar-refractivity contribution in [2.75, 3.05) is 20.8 Å². The summed E-state index contributed by atoms with van der Waals surface area (Å²) in [6, 6.07) is 2.92. The summed E-state index contributed by atoms with van der Waals surface area (Å²) in [6.07, 6.45) is -0.835. The second kappa shape index (κ2) is 9.93. The van der Waals surface area contributed by atoms with Gasteiger partial charge in [0.2, 0.25) is 0 Å². The molecular weight excluding hydrogens is 464 g/mol. The van der Waals surface area contributed by atoms with Crippen LogP contribution in [0, 0.1) is 5.92 Å². The van der Waals surface area contributed by atoms with Crippen LogP contribution >= 0.6 is 28.1 Å². The number of carbonyl (C=O) groups excluding carboxylic acids is 2. The van der Waals surface area contributed by atoms with E-state index in [2.05, 4.69) is 33.1 Å². The van der Waals surface area contributed by atoms with Crippen LogP contribution < -0.4 is 20.1 Å². The molecular formula is C19H23BrN2O6S. The van der Waals surface area contributed by atoms with Gasteiger partial charge in [0.15, 0.2) is 22.7 Å². The van der Waals surface area contributed by atoms with Gasteiger partial charge in [0.05, 0.1) is 31.3 Å². The van der Waals surface area contributed by atoms with E-state index in [1.54, 1.807) is 26.0 Å². The van der Waals surface area contributed by atoms with Gasteiger partial charge < -0.3 is 29.6 Å². The average molecular weight is 487 g/mol. The van der Waals surface area contributed by atoms with E-state index in [-0.39, 0.29) is 6.61 Å². The van der Waals surface area contributed by atoms with E-state index in [1.807, 2.05) is 0 Å². The molecule has 1 aliphatic rings. The van der Waals surface area contributed by atoms with E-state index < -0.39 is 30.0 Å². The molecule has 2 rings (SSSR count). The lowest BCUT2D eigenvalue weighted by Gasteiger charge is -2.35. The summed E-state index contributed by atoms with van der Waals surface area (Å²) in [5.41, 5.74) is 1.11. The zero-order valence-corrected chi connectivity index (χ0v) is 18.9. The van der Waals surface area contributed by atoms with Crippen molar-refractivity contribution in [2.45, 2.75) is 26.0 Å². The van der Waals surface area contributed by atoms with Crippen LogP contribution in [0.4, 0.5) is 0 Å². The molecule has 1 aliphatic heterocycles. The Morgan fingerprint density at radius 2 is 2.03 bits per heavy atom. The first kappa shape index (κ1) is 23.0. The maximum atomic E-state index is 12.3. The monoisotopic (exact) mass is 486 g/mol. The largest absolute Gasteiger partial charge is 0.493 e. The first-order chi connectivity index (χ1) is 13.7. The number of thiocarbonyl (C=S) groups is 1. The highest BCUT2D eigenvalue weighted by molar-refractivity contribution is 9.10. The molecule has 158 valence electrons. The smallest absolute Gasteiger partial charge is 0.347 e. The first-order valence-corrected chi connectivity index (χ1v) is 9.98. The normalized spacial score (nSPS) is 19.5. The molecule has 1 saturated heterocycles. The van der Waals surface area contributed by atoms with Crippen molar-refractivity contribution < 1.29 is 28.5 Å². The maximum Gasteiger partial charge on any atom is 0.347 e. The second-order valence-corrected chi connectivity index (χ2v) is 7.41. The van der Waals surface area contributed by atoms with E-state index in [0.717, 1.165) is 0 Å². The summed E-state index contributed by atoms with van der Waals surface area (Å²) in [5, 5.41) is 6.26. The number of halogens is 1. The number of rotatable bonds is 7. The molecule has 0 aliphatic carbocycles. The topological polar surface area (TPSA) is 95.1 Å². The van der Waals surface area contributed by atoms with Gasteiger partial charge in [-0.15, -0.1) is 0 Å². The summed E-state index contributed by atoms with van der Waals surface area (Å²) in [6.45, 7) is 7.45. The predicted octanol–water partition coefficient (Wildman–Crippen LogP) is 2.61. The fourth-order valence-corrected chi connectivity index (χ4v) is 3.70. The van der Waals surface area contributed by atoms with Crippen molar-refractivity contribution in [3.63, 3.8) is 0 Å². The quantitative estimate of drug-likeness (QED) is 0.445. The number of nitrogens with one attached hydrogen (secondary N) is 2. The summed E-state index contributed by atoms with van der Waals surface area (Å²) in [7, 11) is 2.79. The Bertz CT molecular complexity index is 831. The number of ether oxygens (including phenoxy) is 4. The standard InChI is InChI=1S/C19H23BrN2O6S/c1-6-27-17(23)10(3)28-16-12(20)7-11(8-13(16)25-4)15-14(18(24)26-5)9(2)21-19(29)22-15/h7-8,10,14-15H,2,6H2,1,3-5H3,(H2,21,22,29)/t10-,14+,15-/m1/s1. The molecule has 1 heterocycles. The number of hydrogen-bond donors (Lipinski definition) is 2. The van der Waals surface area contributed by atoms with Gasteiger partial charge in [0, 0.05) is 5.70 Å². The van der Waals surface area contributed by atoms with Crippen LogP contribution in [0.5, 0.6) is 11.5 Å². The Morgan fingerprint density at radius 3 is 2.62 bits per heavy atom. The van der Waals surface area contributed by atoms with Crippen LogP contribution in [0.1, 0.15) is 25.5 Å². The zero-order valence-electron chi connectivity index (χ0n) is 16.5. The maximum absolute atomic E-state index is 12.3. The van der Waals surface area contributed by atoms with Crippen molar-refractivity contribution in [3.05, 3.63) is 34.4 Å². The van der Waals surface area contributed by atoms with Gasteiger partial charge in [0.1, 0.15) is 5.92 Å². The van der Waals surface area contributed by atoms with Crippen LogP contribution in [0.2, 0.25) is 0 Å². The fraction of sp³-hybridized carbons (Fsp3) is 0.421. The fourth-order valence-electron chi connectivity index (χ4n) is 2.88. The van der Waals surface area contributed by atoms with Crippen LogP contribution in [0.3, 0.4) is 0 Å². The summed E-state index contributed by atoms with van der Waals surface area (Å²) >= 11 is 8.67. The zero-order chi connectivity index (χ0) is 21.7. The third kappa shape index (κ3) is 5.18. The highest BCUT2D eigenvalue weighted by Crippen LogP contribution is 2.41. The molecule has 1 aromatic carbocycles. The Morgan fingerprint density at radius 1 is 1.34 bits per heavy atom. The third-order valence-electron chi connectivity index (χ3n) is 4.25. The minimum atomic E-state index is -0.835. The Hall–Kier alpha value is -2.33. The molecule has 3 atom stereocenters. The summed E-state index contributed by atoms with van der Waals surface area (Å²) in [5.74, 6) is -0.965. The molecule has 1 aromatic rings. The summed E-state index contributed by atoms with van der Waals surface area (Å²) < 4.78 is 21.6. The number of hydrogen-bond acceptors (Lipinski definition) is 7. The van der Waals surface area contributed by atoms with Crippen LogP contribution in [-0.4, -0.2) is 44.0 Å². The molecule has 29 heavy (non-hydrogen) atoms. The van der Waals surface area contributed by atoms with E-state index in [1.165, 1.54) is 14.2 Å². The summed E-state index contributed by atoms with van der Waals surface area (Å²) in [4.78, 5) is 24.2. The number of methoxy groups -OCH3 is 2. The van der Waals surface area contributed by atoms with Gasteiger partial charge in [-0.1, -0.05) is 6.58 Å². The predicted molar refractivity (Wildman–Crippen MR) is 114 cm³/mol. The van der Waals surface area contributed by atoms with E-state index in [9.17, 15) is 9.59 Å². The molecule has 0 saturated carbocycles. The lowest BCUT2D eigenvalue weighted by molar-refractivity contribution is -0.150. The number of carbonyl (C=O) groups is 2. The molecule has 2 N–H and O–H groups in total. The van der Waals surface area contributed by atoms with Crippen molar-refractivity contribution in [1.82, 2.24) is 10.6 Å². The van der Waals surface area contributed by atoms with Gasteiger partial charge in [0.25, 0.3) is 0 Å².